The Bertz CT molecular complexity index is 541. The quantitative estimate of drug-likeness (QED) is 0.820. The van der Waals surface area contributed by atoms with Crippen molar-refractivity contribution in [3.63, 3.8) is 0 Å². The highest BCUT2D eigenvalue weighted by atomic mass is 79.9. The predicted molar refractivity (Wildman–Crippen MR) is 80.3 cm³/mol. The number of nitrogens with zero attached hydrogens (tertiary/aromatic N) is 3. The smallest absolute Gasteiger partial charge is 0.0827 e. The van der Waals surface area contributed by atoms with E-state index in [4.69, 9.17) is 17.3 Å². The molecular formula is C13H16BrClN4. The maximum atomic E-state index is 6.18. The van der Waals surface area contributed by atoms with Crippen molar-refractivity contribution in [2.75, 3.05) is 6.54 Å². The zero-order chi connectivity index (χ0) is 13.7. The van der Waals surface area contributed by atoms with E-state index in [1.807, 2.05) is 29.1 Å². The summed E-state index contributed by atoms with van der Waals surface area (Å²) in [6.07, 6.45) is 4.96. The van der Waals surface area contributed by atoms with Crippen LogP contribution in [0.15, 0.2) is 28.9 Å². The summed E-state index contributed by atoms with van der Waals surface area (Å²) in [5.41, 5.74) is 7.50. The van der Waals surface area contributed by atoms with Crippen LogP contribution in [0.3, 0.4) is 0 Å². The molecule has 1 aromatic carbocycles. The van der Waals surface area contributed by atoms with Crippen LogP contribution in [-0.2, 0) is 13.0 Å². The molecule has 2 aromatic rings. The SMILES string of the molecule is NCCCCc1cn(Cc2ccc(Br)cc2Cl)nn1. The van der Waals surface area contributed by atoms with Crippen molar-refractivity contribution >= 4 is 27.5 Å². The molecule has 0 unspecified atom stereocenters. The summed E-state index contributed by atoms with van der Waals surface area (Å²) in [6, 6.07) is 5.85. The monoisotopic (exact) mass is 342 g/mol. The van der Waals surface area contributed by atoms with Gasteiger partial charge in [0.15, 0.2) is 0 Å². The highest BCUT2D eigenvalue weighted by Gasteiger charge is 2.05. The lowest BCUT2D eigenvalue weighted by atomic mass is 10.2. The fraction of sp³-hybridized carbons (Fsp3) is 0.385. The van der Waals surface area contributed by atoms with E-state index < -0.39 is 0 Å². The van der Waals surface area contributed by atoms with E-state index in [1.54, 1.807) is 0 Å². The molecule has 1 heterocycles. The van der Waals surface area contributed by atoms with Gasteiger partial charge in [-0.15, -0.1) is 5.10 Å². The van der Waals surface area contributed by atoms with E-state index in [9.17, 15) is 0 Å². The predicted octanol–water partition coefficient (Wildman–Crippen LogP) is 3.02. The Morgan fingerprint density at radius 1 is 1.32 bits per heavy atom. The lowest BCUT2D eigenvalue weighted by Crippen LogP contribution is -2.01. The summed E-state index contributed by atoms with van der Waals surface area (Å²) in [6.45, 7) is 1.36. The maximum Gasteiger partial charge on any atom is 0.0827 e. The minimum atomic E-state index is 0.635. The fourth-order valence-electron chi connectivity index (χ4n) is 1.81. The van der Waals surface area contributed by atoms with Crippen LogP contribution in [0.2, 0.25) is 5.02 Å². The molecular weight excluding hydrogens is 328 g/mol. The molecule has 0 aliphatic heterocycles. The van der Waals surface area contributed by atoms with Gasteiger partial charge in [-0.25, -0.2) is 4.68 Å². The van der Waals surface area contributed by atoms with Crippen molar-refractivity contribution < 1.29 is 0 Å². The zero-order valence-electron chi connectivity index (χ0n) is 10.5. The Labute approximate surface area is 126 Å². The van der Waals surface area contributed by atoms with E-state index in [2.05, 4.69) is 26.2 Å². The van der Waals surface area contributed by atoms with Crippen LogP contribution in [0.25, 0.3) is 0 Å². The van der Waals surface area contributed by atoms with Gasteiger partial charge >= 0.3 is 0 Å². The first-order valence-electron chi connectivity index (χ1n) is 6.22. The summed E-state index contributed by atoms with van der Waals surface area (Å²) in [4.78, 5) is 0. The number of unbranched alkanes of at least 4 members (excludes halogenated alkanes) is 1. The third-order valence-electron chi connectivity index (χ3n) is 2.82. The highest BCUT2D eigenvalue weighted by molar-refractivity contribution is 9.10. The van der Waals surface area contributed by atoms with E-state index >= 15 is 0 Å². The van der Waals surface area contributed by atoms with E-state index in [-0.39, 0.29) is 0 Å². The molecule has 0 bridgehead atoms. The first-order valence-corrected chi connectivity index (χ1v) is 7.39. The second-order valence-electron chi connectivity index (χ2n) is 4.39. The molecule has 0 atom stereocenters. The van der Waals surface area contributed by atoms with Gasteiger partial charge in [0.25, 0.3) is 0 Å². The third-order valence-corrected chi connectivity index (χ3v) is 3.67. The van der Waals surface area contributed by atoms with Gasteiger partial charge in [0.2, 0.25) is 0 Å². The number of hydrogen-bond donors (Lipinski definition) is 1. The third kappa shape index (κ3) is 4.30. The molecule has 0 aliphatic rings. The first kappa shape index (κ1) is 14.5. The molecule has 0 aliphatic carbocycles. The summed E-state index contributed by atoms with van der Waals surface area (Å²) in [5.74, 6) is 0. The van der Waals surface area contributed by atoms with Crippen molar-refractivity contribution in [3.8, 4) is 0 Å². The molecule has 6 heteroatoms. The van der Waals surface area contributed by atoms with Crippen molar-refractivity contribution in [2.24, 2.45) is 5.73 Å². The molecule has 2 N–H and O–H groups in total. The van der Waals surface area contributed by atoms with Gasteiger partial charge in [-0.1, -0.05) is 38.8 Å². The Kier molecular flexibility index (Phi) is 5.36. The number of benzene rings is 1. The van der Waals surface area contributed by atoms with Crippen LogP contribution in [0.1, 0.15) is 24.1 Å². The molecule has 0 saturated carbocycles. The van der Waals surface area contributed by atoms with Crippen molar-refractivity contribution in [1.29, 1.82) is 0 Å². The largest absolute Gasteiger partial charge is 0.330 e. The number of nitrogens with two attached hydrogens (primary N) is 1. The first-order chi connectivity index (χ1) is 9.19. The van der Waals surface area contributed by atoms with Crippen molar-refractivity contribution in [2.45, 2.75) is 25.8 Å². The number of rotatable bonds is 6. The Hall–Kier alpha value is -0.910. The standard InChI is InChI=1S/C13H16BrClN4/c14-11-5-4-10(13(15)7-11)8-19-9-12(17-18-19)3-1-2-6-16/h4-5,7,9H,1-3,6,8,16H2. The van der Waals surface area contributed by atoms with E-state index in [0.717, 1.165) is 46.6 Å². The zero-order valence-corrected chi connectivity index (χ0v) is 12.9. The highest BCUT2D eigenvalue weighted by Crippen LogP contribution is 2.21. The minimum Gasteiger partial charge on any atom is -0.330 e. The number of halogens is 2. The fourth-order valence-corrected chi connectivity index (χ4v) is 2.54. The maximum absolute atomic E-state index is 6.18. The molecule has 19 heavy (non-hydrogen) atoms. The Morgan fingerprint density at radius 2 is 2.16 bits per heavy atom. The molecule has 2 rings (SSSR count). The number of aryl methyl sites for hydroxylation is 1. The summed E-state index contributed by atoms with van der Waals surface area (Å²) in [7, 11) is 0. The van der Waals surface area contributed by atoms with Crippen molar-refractivity contribution in [1.82, 2.24) is 15.0 Å². The lowest BCUT2D eigenvalue weighted by Gasteiger charge is -2.04. The molecule has 0 amide bonds. The van der Waals surface area contributed by atoms with Crippen LogP contribution in [0.5, 0.6) is 0 Å². The second kappa shape index (κ2) is 7.03. The Balaban J connectivity index is 1.99. The van der Waals surface area contributed by atoms with Gasteiger partial charge in [-0.2, -0.15) is 0 Å². The molecule has 1 aromatic heterocycles. The second-order valence-corrected chi connectivity index (χ2v) is 5.71. The molecule has 4 nitrogen and oxygen atoms in total. The van der Waals surface area contributed by atoms with Crippen LogP contribution in [0, 0.1) is 0 Å². The van der Waals surface area contributed by atoms with Gasteiger partial charge in [-0.05, 0) is 43.5 Å². The van der Waals surface area contributed by atoms with E-state index in [1.165, 1.54) is 0 Å². The average Bonchev–Trinajstić information content (AvgIpc) is 2.81. The molecule has 0 radical (unpaired) electrons. The van der Waals surface area contributed by atoms with Crippen LogP contribution in [0.4, 0.5) is 0 Å². The summed E-state index contributed by atoms with van der Waals surface area (Å²) < 4.78 is 2.79. The summed E-state index contributed by atoms with van der Waals surface area (Å²) >= 11 is 9.57. The molecule has 0 fully saturated rings. The Morgan fingerprint density at radius 3 is 2.89 bits per heavy atom. The number of aromatic nitrogens is 3. The minimum absolute atomic E-state index is 0.635. The summed E-state index contributed by atoms with van der Waals surface area (Å²) in [5, 5.41) is 9.00. The van der Waals surface area contributed by atoms with Gasteiger partial charge in [0, 0.05) is 15.7 Å². The van der Waals surface area contributed by atoms with Gasteiger partial charge in [-0.3, -0.25) is 0 Å². The van der Waals surface area contributed by atoms with Crippen LogP contribution < -0.4 is 5.73 Å². The van der Waals surface area contributed by atoms with Crippen LogP contribution >= 0.6 is 27.5 Å². The normalized spacial score (nSPS) is 10.9. The van der Waals surface area contributed by atoms with Crippen molar-refractivity contribution in [3.05, 3.63) is 45.1 Å². The average molecular weight is 344 g/mol. The van der Waals surface area contributed by atoms with Crippen LogP contribution in [-0.4, -0.2) is 21.5 Å². The number of hydrogen-bond acceptors (Lipinski definition) is 3. The van der Waals surface area contributed by atoms with Gasteiger partial charge < -0.3 is 5.73 Å². The topological polar surface area (TPSA) is 56.7 Å². The molecule has 0 saturated heterocycles. The van der Waals surface area contributed by atoms with Gasteiger partial charge in [0.1, 0.15) is 0 Å². The lowest BCUT2D eigenvalue weighted by molar-refractivity contribution is 0.648. The molecule has 102 valence electrons. The molecule has 0 spiro atoms. The van der Waals surface area contributed by atoms with E-state index in [0.29, 0.717) is 6.54 Å². The van der Waals surface area contributed by atoms with Gasteiger partial charge in [0.05, 0.1) is 12.2 Å².